The average molecular weight is 975 g/mol. The third-order valence-corrected chi connectivity index (χ3v) is 15.9. The molecule has 1 aromatic rings. The van der Waals surface area contributed by atoms with E-state index < -0.39 is 97.7 Å². The predicted octanol–water partition coefficient (Wildman–Crippen LogP) is 7.21. The summed E-state index contributed by atoms with van der Waals surface area (Å²) in [5.41, 5.74) is 1.11. The summed E-state index contributed by atoms with van der Waals surface area (Å²) in [6, 6.07) is 3.84. The fraction of sp³-hybridized carbons (Fsp3) is 0.720. The van der Waals surface area contributed by atoms with Crippen LogP contribution in [0, 0.1) is 39.7 Å². The van der Waals surface area contributed by atoms with Gasteiger partial charge in [-0.2, -0.15) is 8.42 Å². The number of benzene rings is 1. The van der Waals surface area contributed by atoms with Crippen molar-refractivity contribution < 1.29 is 65.5 Å². The number of ether oxygens (including phenoxy) is 5. The first-order valence-corrected chi connectivity index (χ1v) is 25.7. The quantitative estimate of drug-likeness (QED) is 0.0577. The van der Waals surface area contributed by atoms with E-state index in [4.69, 9.17) is 27.9 Å². The highest BCUT2D eigenvalue weighted by Crippen LogP contribution is 2.40. The Kier molecular flexibility index (Phi) is 19.6. The molecule has 1 aromatic carbocycles. The predicted molar refractivity (Wildman–Crippen MR) is 250 cm³/mol. The molecule has 2 saturated heterocycles. The number of nitro benzene ring substituents is 1. The molecule has 3 aliphatic heterocycles. The number of rotatable bonds is 11. The number of aliphatic hydroxyl groups is 1. The van der Waals surface area contributed by atoms with Gasteiger partial charge < -0.3 is 33.7 Å². The van der Waals surface area contributed by atoms with Crippen molar-refractivity contribution in [2.24, 2.45) is 29.6 Å². The minimum Gasteiger partial charge on any atom is -0.456 e. The number of ketones is 2. The van der Waals surface area contributed by atoms with Crippen LogP contribution in [0.5, 0.6) is 0 Å². The lowest BCUT2D eigenvalue weighted by Crippen LogP contribution is -2.64. The molecule has 4 aliphatic rings. The van der Waals surface area contributed by atoms with Crippen molar-refractivity contribution in [3.63, 3.8) is 0 Å². The van der Waals surface area contributed by atoms with E-state index >= 15 is 0 Å². The van der Waals surface area contributed by atoms with Gasteiger partial charge in [-0.3, -0.25) is 28.7 Å². The molecule has 1 N–H and O–H groups in total. The van der Waals surface area contributed by atoms with E-state index in [9.17, 15) is 42.8 Å². The van der Waals surface area contributed by atoms with Gasteiger partial charge in [0.15, 0.2) is 4.90 Å². The highest BCUT2D eigenvalue weighted by molar-refractivity contribution is 7.87. The maximum absolute atomic E-state index is 14.5. The molecule has 17 nitrogen and oxygen atoms in total. The molecule has 0 aromatic heterocycles. The van der Waals surface area contributed by atoms with Gasteiger partial charge in [0.05, 0.1) is 23.2 Å². The van der Waals surface area contributed by atoms with Crippen molar-refractivity contribution in [3.8, 4) is 0 Å². The lowest BCUT2D eigenvalue weighted by molar-refractivity contribution is -0.387. The molecule has 1 aliphatic carbocycles. The zero-order valence-corrected chi connectivity index (χ0v) is 42.1. The Morgan fingerprint density at radius 2 is 1.62 bits per heavy atom. The Labute approximate surface area is 401 Å². The van der Waals surface area contributed by atoms with Gasteiger partial charge in [-0.25, -0.2) is 4.79 Å². The lowest BCUT2D eigenvalue weighted by Gasteiger charge is -2.47. The van der Waals surface area contributed by atoms with E-state index in [0.29, 0.717) is 56.9 Å². The van der Waals surface area contributed by atoms with Crippen LogP contribution in [0.3, 0.4) is 0 Å². The number of hydrogen-bond donors (Lipinski definition) is 1. The minimum absolute atomic E-state index is 0.0365. The third-order valence-electron chi connectivity index (χ3n) is 14.5. The second kappa shape index (κ2) is 24.3. The van der Waals surface area contributed by atoms with Gasteiger partial charge in [-0.15, -0.1) is 0 Å². The molecule has 18 heteroatoms. The molecule has 3 fully saturated rings. The summed E-state index contributed by atoms with van der Waals surface area (Å²) >= 11 is 0. The van der Waals surface area contributed by atoms with Crippen molar-refractivity contribution >= 4 is 39.2 Å². The number of nitrogens with zero attached hydrogens (tertiary/aromatic N) is 2. The van der Waals surface area contributed by atoms with Crippen LogP contribution in [-0.2, 0) is 57.2 Å². The summed E-state index contributed by atoms with van der Waals surface area (Å²) in [6.45, 7) is 11.5. The maximum Gasteiger partial charge on any atom is 0.329 e. The summed E-state index contributed by atoms with van der Waals surface area (Å²) in [5, 5.41) is 23.8. The number of piperidine rings is 1. The van der Waals surface area contributed by atoms with Crippen molar-refractivity contribution in [1.82, 2.24) is 4.90 Å². The Bertz CT molecular complexity index is 2130. The van der Waals surface area contributed by atoms with Crippen molar-refractivity contribution in [3.05, 3.63) is 57.7 Å². The lowest BCUT2D eigenvalue weighted by atomic mass is 9.82. The molecule has 0 radical (unpaired) electrons. The van der Waals surface area contributed by atoms with Crippen LogP contribution in [0.4, 0.5) is 5.69 Å². The molecule has 68 heavy (non-hydrogen) atoms. The standard InChI is InChI=1S/C50H74N2O15S/c1-10-15-36-25-30(2)24-31(3)26-42(63-8)46-43(64-9)28-34(6)50(57,66-46)47(54)48(55)51-23-14-13-17-38(51)49(56)65-45(32(4)19-21-39(36)53)33(5)27-35-20-22-40(41(29-35)62-7)67-68(60,61)44-18-12-11-16-37(44)52(58)59/h11-12,16,18,25,27,31-32,34-36,38,40-43,45-46,57H,10,13-15,17,19-24,26,28-29H2,1-9H3/b30-25+,33-27?. The van der Waals surface area contributed by atoms with Gasteiger partial charge in [-0.05, 0) is 114 Å². The fourth-order valence-electron chi connectivity index (χ4n) is 10.7. The summed E-state index contributed by atoms with van der Waals surface area (Å²) in [4.78, 5) is 68.8. The van der Waals surface area contributed by atoms with Gasteiger partial charge in [0.1, 0.15) is 30.1 Å². The normalized spacial score (nSPS) is 35.4. The molecule has 1 saturated carbocycles. The fourth-order valence-corrected chi connectivity index (χ4v) is 12.0. The SMILES string of the molecule is CCCC1/C=C(\C)CC(C)CC(OC)C2OC(O)(C(=O)C(=O)N3CCCCC3C(=O)OC(C(C)=CC3CCC(OS(=O)(=O)c4ccccc4[N+](=O)[O-])C(OC)C3)C(C)CCC1=O)C(C)CC2OC. The smallest absolute Gasteiger partial charge is 0.329 e. The van der Waals surface area contributed by atoms with Gasteiger partial charge in [0.25, 0.3) is 17.4 Å². The van der Waals surface area contributed by atoms with Crippen LogP contribution in [-0.4, -0.2) is 123 Å². The largest absolute Gasteiger partial charge is 0.456 e. The molecule has 380 valence electrons. The van der Waals surface area contributed by atoms with E-state index in [2.05, 4.69) is 13.0 Å². The van der Waals surface area contributed by atoms with Crippen molar-refractivity contribution in [2.75, 3.05) is 27.9 Å². The number of cyclic esters (lactones) is 1. The Balaban J connectivity index is 1.47. The van der Waals surface area contributed by atoms with Gasteiger partial charge in [0, 0.05) is 52.2 Å². The number of hydrogen-bond acceptors (Lipinski definition) is 15. The number of carbonyl (C=O) groups excluding carboxylic acids is 4. The van der Waals surface area contributed by atoms with E-state index in [0.717, 1.165) is 24.1 Å². The number of amides is 1. The first-order valence-electron chi connectivity index (χ1n) is 24.3. The second-order valence-electron chi connectivity index (χ2n) is 19.7. The summed E-state index contributed by atoms with van der Waals surface area (Å²) < 4.78 is 62.5. The number of allylic oxidation sites excluding steroid dienone is 3. The van der Waals surface area contributed by atoms with Crippen LogP contribution in [0.2, 0.25) is 0 Å². The van der Waals surface area contributed by atoms with Gasteiger partial charge in [-0.1, -0.05) is 64.0 Å². The van der Waals surface area contributed by atoms with E-state index in [1.807, 2.05) is 33.8 Å². The maximum atomic E-state index is 14.5. The molecule has 0 spiro atoms. The second-order valence-corrected chi connectivity index (χ2v) is 21.2. The van der Waals surface area contributed by atoms with Crippen molar-refractivity contribution in [1.29, 1.82) is 0 Å². The monoisotopic (exact) mass is 974 g/mol. The molecule has 13 unspecified atom stereocenters. The number of carbonyl (C=O) groups is 4. The number of nitro groups is 1. The average Bonchev–Trinajstić information content (AvgIpc) is 3.31. The molecule has 2 bridgehead atoms. The minimum atomic E-state index is -4.54. The molecule has 3 heterocycles. The molecular weight excluding hydrogens is 901 g/mol. The van der Waals surface area contributed by atoms with E-state index in [-0.39, 0.29) is 61.7 Å². The molecule has 1 amide bonds. The molecule has 13 atom stereocenters. The first-order chi connectivity index (χ1) is 32.2. The van der Waals surface area contributed by atoms with Gasteiger partial charge >= 0.3 is 16.1 Å². The zero-order valence-electron chi connectivity index (χ0n) is 41.3. The Morgan fingerprint density at radius 1 is 0.941 bits per heavy atom. The Hall–Kier alpha value is -3.91. The Morgan fingerprint density at radius 3 is 2.28 bits per heavy atom. The van der Waals surface area contributed by atoms with Crippen LogP contribution >= 0.6 is 0 Å². The summed E-state index contributed by atoms with van der Waals surface area (Å²) in [6.07, 6.45) is 5.06. The number of para-hydroxylation sites is 1. The van der Waals surface area contributed by atoms with Crippen LogP contribution in [0.1, 0.15) is 125 Å². The summed E-state index contributed by atoms with van der Waals surface area (Å²) in [7, 11) is -0.0530. The highest BCUT2D eigenvalue weighted by atomic mass is 32.2. The van der Waals surface area contributed by atoms with Gasteiger partial charge in [0.2, 0.25) is 5.79 Å². The number of fused-ring (bicyclic) bond motifs is 3. The molecular formula is C50H74N2O15S. The van der Waals surface area contributed by atoms with Crippen molar-refractivity contribution in [2.45, 2.75) is 178 Å². The molecule has 5 rings (SSSR count). The number of Topliss-reactive ketones (excluding diaryl/α,β-unsaturated/α-hetero) is 2. The number of methoxy groups -OCH3 is 3. The number of esters is 1. The zero-order chi connectivity index (χ0) is 50.1. The van der Waals surface area contributed by atoms with E-state index in [1.165, 1.54) is 38.4 Å². The third kappa shape index (κ3) is 13.1. The summed E-state index contributed by atoms with van der Waals surface area (Å²) in [5.74, 6) is -7.13. The first kappa shape index (κ1) is 55.0. The topological polar surface area (TPSA) is 224 Å². The van der Waals surface area contributed by atoms with Crippen LogP contribution in [0.25, 0.3) is 0 Å². The highest BCUT2D eigenvalue weighted by Gasteiger charge is 2.56. The van der Waals surface area contributed by atoms with Crippen LogP contribution in [0.15, 0.2) is 52.5 Å². The van der Waals surface area contributed by atoms with Crippen LogP contribution < -0.4 is 0 Å². The van der Waals surface area contributed by atoms with E-state index in [1.54, 1.807) is 6.92 Å².